The van der Waals surface area contributed by atoms with Crippen molar-refractivity contribution >= 4 is 32.8 Å². The van der Waals surface area contributed by atoms with Crippen molar-refractivity contribution < 1.29 is 22.7 Å². The van der Waals surface area contributed by atoms with Crippen molar-refractivity contribution in [1.82, 2.24) is 8.87 Å². The summed E-state index contributed by atoms with van der Waals surface area (Å²) in [6.07, 6.45) is 0. The molecule has 1 aromatic heterocycles. The third kappa shape index (κ3) is 3.29. The Morgan fingerprint density at radius 1 is 1.32 bits per heavy atom. The first-order chi connectivity index (χ1) is 11.7. The van der Waals surface area contributed by atoms with Crippen LogP contribution in [0.1, 0.15) is 23.0 Å². The number of hydrogen-bond acceptors (Lipinski definition) is 5. The number of nitrogens with zero attached hydrogens (tertiary/aromatic N) is 2. The number of carbonyl (C=O) groups excluding carboxylic acids is 1. The average Bonchev–Trinajstić information content (AvgIpc) is 2.80. The predicted molar refractivity (Wildman–Crippen MR) is 96.4 cm³/mol. The number of hydrogen-bond donors (Lipinski definition) is 1. The number of benzene rings is 1. The van der Waals surface area contributed by atoms with Crippen molar-refractivity contribution in [2.45, 2.75) is 13.8 Å². The van der Waals surface area contributed by atoms with E-state index in [4.69, 9.17) is 9.47 Å². The lowest BCUT2D eigenvalue weighted by Crippen LogP contribution is -2.29. The fourth-order valence-electron chi connectivity index (χ4n) is 2.58. The molecule has 1 heterocycles. The first-order valence-electron chi connectivity index (χ1n) is 7.69. The van der Waals surface area contributed by atoms with Gasteiger partial charge in [0.25, 0.3) is 0 Å². The van der Waals surface area contributed by atoms with E-state index in [0.29, 0.717) is 27.9 Å². The number of nitrogens with one attached hydrogen (secondary N) is 1. The summed E-state index contributed by atoms with van der Waals surface area (Å²) < 4.78 is 40.5. The topological polar surface area (TPSA) is 89.9 Å². The zero-order chi connectivity index (χ0) is 18.9. The predicted octanol–water partition coefficient (Wildman–Crippen LogP) is 1.89. The molecule has 138 valence electrons. The maximum absolute atomic E-state index is 12.5. The summed E-state index contributed by atoms with van der Waals surface area (Å²) >= 11 is 0. The van der Waals surface area contributed by atoms with Crippen LogP contribution in [0.2, 0.25) is 0 Å². The standard InChI is InChI=1S/C16H23N3O5S/c1-7-24-16(20)13-10(2)19(5)11-8-9-12(23-6)15(14(11)13)17-25(21,22)18(3)4/h8-9,17H,7H2,1-6H3. The van der Waals surface area contributed by atoms with Gasteiger partial charge in [-0.2, -0.15) is 12.7 Å². The third-order valence-electron chi connectivity index (χ3n) is 4.03. The van der Waals surface area contributed by atoms with Gasteiger partial charge >= 0.3 is 16.2 Å². The number of aryl methyl sites for hydroxylation is 1. The number of aromatic nitrogens is 1. The van der Waals surface area contributed by atoms with Gasteiger partial charge in [0.2, 0.25) is 0 Å². The van der Waals surface area contributed by atoms with Crippen molar-refractivity contribution in [2.24, 2.45) is 7.05 Å². The van der Waals surface area contributed by atoms with Crippen LogP contribution in [-0.4, -0.2) is 51.1 Å². The van der Waals surface area contributed by atoms with E-state index < -0.39 is 16.2 Å². The largest absolute Gasteiger partial charge is 0.495 e. The molecule has 0 aliphatic heterocycles. The number of methoxy groups -OCH3 is 1. The molecule has 0 saturated heterocycles. The molecule has 0 atom stereocenters. The molecule has 0 unspecified atom stereocenters. The first-order valence-corrected chi connectivity index (χ1v) is 9.13. The van der Waals surface area contributed by atoms with E-state index in [1.807, 2.05) is 4.57 Å². The highest BCUT2D eigenvalue weighted by atomic mass is 32.2. The van der Waals surface area contributed by atoms with Crippen molar-refractivity contribution in [1.29, 1.82) is 0 Å². The van der Waals surface area contributed by atoms with Gasteiger partial charge in [-0.05, 0) is 26.0 Å². The summed E-state index contributed by atoms with van der Waals surface area (Å²) in [4.78, 5) is 12.5. The van der Waals surface area contributed by atoms with Gasteiger partial charge in [-0.25, -0.2) is 4.79 Å². The fourth-order valence-corrected chi connectivity index (χ4v) is 3.22. The smallest absolute Gasteiger partial charge is 0.340 e. The Labute approximate surface area is 147 Å². The van der Waals surface area contributed by atoms with Crippen molar-refractivity contribution in [3.05, 3.63) is 23.4 Å². The number of carbonyl (C=O) groups is 1. The van der Waals surface area contributed by atoms with Gasteiger partial charge in [0.05, 0.1) is 24.8 Å². The summed E-state index contributed by atoms with van der Waals surface area (Å²) in [5.41, 5.74) is 1.89. The first kappa shape index (κ1) is 19.1. The molecule has 25 heavy (non-hydrogen) atoms. The molecule has 0 aliphatic carbocycles. The van der Waals surface area contributed by atoms with Crippen molar-refractivity contribution in [3.8, 4) is 5.75 Å². The third-order valence-corrected chi connectivity index (χ3v) is 5.46. The van der Waals surface area contributed by atoms with Crippen LogP contribution in [0.15, 0.2) is 12.1 Å². The maximum Gasteiger partial charge on any atom is 0.340 e. The van der Waals surface area contributed by atoms with Gasteiger partial charge < -0.3 is 14.0 Å². The van der Waals surface area contributed by atoms with Gasteiger partial charge in [-0.15, -0.1) is 0 Å². The van der Waals surface area contributed by atoms with Gasteiger partial charge in [0, 0.05) is 32.2 Å². The Bertz CT molecular complexity index is 916. The molecule has 0 bridgehead atoms. The quantitative estimate of drug-likeness (QED) is 0.786. The van der Waals surface area contributed by atoms with Crippen LogP contribution < -0.4 is 9.46 Å². The minimum Gasteiger partial charge on any atom is -0.495 e. The Morgan fingerprint density at radius 3 is 2.48 bits per heavy atom. The highest BCUT2D eigenvalue weighted by Crippen LogP contribution is 2.39. The highest BCUT2D eigenvalue weighted by Gasteiger charge is 2.26. The van der Waals surface area contributed by atoms with Gasteiger partial charge in [0.15, 0.2) is 0 Å². The minimum atomic E-state index is -3.79. The Kier molecular flexibility index (Phi) is 5.28. The second kappa shape index (κ2) is 6.93. The molecule has 1 N–H and O–H groups in total. The second-order valence-electron chi connectivity index (χ2n) is 5.67. The van der Waals surface area contributed by atoms with Gasteiger partial charge in [-0.3, -0.25) is 4.72 Å². The molecule has 0 spiro atoms. The molecule has 9 heteroatoms. The normalized spacial score (nSPS) is 11.8. The monoisotopic (exact) mass is 369 g/mol. The van der Waals surface area contributed by atoms with Crippen LogP contribution in [-0.2, 0) is 22.0 Å². The molecule has 1 aromatic carbocycles. The second-order valence-corrected chi connectivity index (χ2v) is 7.55. The molecule has 0 fully saturated rings. The van der Waals surface area contributed by atoms with E-state index in [2.05, 4.69) is 4.72 Å². The molecule has 0 amide bonds. The van der Waals surface area contributed by atoms with E-state index in [-0.39, 0.29) is 12.3 Å². The number of anilines is 1. The average molecular weight is 369 g/mol. The summed E-state index contributed by atoms with van der Waals surface area (Å²) in [7, 11) is 2.28. The molecular formula is C16H23N3O5S. The van der Waals surface area contributed by atoms with Crippen LogP contribution >= 0.6 is 0 Å². The zero-order valence-electron chi connectivity index (χ0n) is 15.2. The highest BCUT2D eigenvalue weighted by molar-refractivity contribution is 7.90. The van der Waals surface area contributed by atoms with E-state index in [0.717, 1.165) is 4.31 Å². The Balaban J connectivity index is 2.86. The number of esters is 1. The van der Waals surface area contributed by atoms with Crippen molar-refractivity contribution in [3.63, 3.8) is 0 Å². The lowest BCUT2D eigenvalue weighted by molar-refractivity contribution is 0.0527. The summed E-state index contributed by atoms with van der Waals surface area (Å²) in [6.45, 7) is 3.72. The van der Waals surface area contributed by atoms with Gasteiger partial charge in [-0.1, -0.05) is 0 Å². The molecule has 2 rings (SSSR count). The van der Waals surface area contributed by atoms with Gasteiger partial charge in [0.1, 0.15) is 11.4 Å². The summed E-state index contributed by atoms with van der Waals surface area (Å²) in [6, 6.07) is 3.43. The maximum atomic E-state index is 12.5. The fraction of sp³-hybridized carbons (Fsp3) is 0.438. The number of rotatable bonds is 6. The molecule has 0 saturated carbocycles. The minimum absolute atomic E-state index is 0.209. The van der Waals surface area contributed by atoms with E-state index in [9.17, 15) is 13.2 Å². The summed E-state index contributed by atoms with van der Waals surface area (Å²) in [5, 5.41) is 0.447. The van der Waals surface area contributed by atoms with Crippen LogP contribution in [0.3, 0.4) is 0 Å². The number of fused-ring (bicyclic) bond motifs is 1. The molecule has 0 aliphatic rings. The zero-order valence-corrected chi connectivity index (χ0v) is 16.0. The summed E-state index contributed by atoms with van der Waals surface area (Å²) in [5.74, 6) is -0.196. The van der Waals surface area contributed by atoms with E-state index in [1.54, 1.807) is 33.0 Å². The van der Waals surface area contributed by atoms with Crippen molar-refractivity contribution in [2.75, 3.05) is 32.5 Å². The lowest BCUT2D eigenvalue weighted by Gasteiger charge is -2.17. The number of ether oxygens (including phenoxy) is 2. The Hall–Kier alpha value is -2.26. The van der Waals surface area contributed by atoms with E-state index in [1.165, 1.54) is 21.2 Å². The van der Waals surface area contributed by atoms with Crippen LogP contribution in [0.4, 0.5) is 5.69 Å². The lowest BCUT2D eigenvalue weighted by atomic mass is 10.1. The molecular weight excluding hydrogens is 346 g/mol. The SMILES string of the molecule is CCOC(=O)c1c(C)n(C)c2ccc(OC)c(NS(=O)(=O)N(C)C)c12. The van der Waals surface area contributed by atoms with Crippen LogP contribution in [0, 0.1) is 6.92 Å². The Morgan fingerprint density at radius 2 is 1.96 bits per heavy atom. The van der Waals surface area contributed by atoms with Crippen LogP contribution in [0.5, 0.6) is 5.75 Å². The molecule has 2 aromatic rings. The molecule has 8 nitrogen and oxygen atoms in total. The van der Waals surface area contributed by atoms with Crippen LogP contribution in [0.25, 0.3) is 10.9 Å². The molecule has 0 radical (unpaired) electrons. The van der Waals surface area contributed by atoms with E-state index >= 15 is 0 Å².